The number of hydrogen-bond acceptors (Lipinski definition) is 6. The number of hydrogen-bond donors (Lipinski definition) is 1. The number of amides is 1. The van der Waals surface area contributed by atoms with E-state index in [1.165, 1.54) is 5.56 Å². The SMILES string of the molecule is O=C(c1ccc2c(c1)[nH]c(=S)n1c3ccccc3nc21)N1CCN(Cc2ccc3c(c2)OCO3)CC1. The summed E-state index contributed by atoms with van der Waals surface area (Å²) in [6.45, 7) is 4.10. The van der Waals surface area contributed by atoms with Crippen LogP contribution in [0.15, 0.2) is 60.7 Å². The summed E-state index contributed by atoms with van der Waals surface area (Å²) in [5.41, 5.74) is 5.30. The van der Waals surface area contributed by atoms with Gasteiger partial charge in [-0.05, 0) is 60.2 Å². The van der Waals surface area contributed by atoms with Crippen LogP contribution in [0.3, 0.4) is 0 Å². The number of para-hydroxylation sites is 2. The Kier molecular flexibility index (Phi) is 4.93. The van der Waals surface area contributed by atoms with Crippen LogP contribution in [-0.2, 0) is 6.54 Å². The third-order valence-electron chi connectivity index (χ3n) is 7.02. The third-order valence-corrected chi connectivity index (χ3v) is 7.30. The number of fused-ring (bicyclic) bond motifs is 6. The van der Waals surface area contributed by atoms with Crippen LogP contribution in [0.1, 0.15) is 15.9 Å². The molecule has 0 unspecified atom stereocenters. The summed E-state index contributed by atoms with van der Waals surface area (Å²) >= 11 is 5.64. The molecule has 9 heteroatoms. The quantitative estimate of drug-likeness (QED) is 0.373. The Morgan fingerprint density at radius 1 is 0.972 bits per heavy atom. The van der Waals surface area contributed by atoms with Crippen molar-refractivity contribution in [1.29, 1.82) is 0 Å². The Morgan fingerprint density at radius 3 is 2.69 bits per heavy atom. The molecule has 36 heavy (non-hydrogen) atoms. The van der Waals surface area contributed by atoms with Crippen LogP contribution in [0.25, 0.3) is 27.6 Å². The van der Waals surface area contributed by atoms with Crippen molar-refractivity contribution in [3.8, 4) is 11.5 Å². The van der Waals surface area contributed by atoms with Crippen LogP contribution in [0, 0.1) is 4.77 Å². The predicted molar refractivity (Wildman–Crippen MR) is 139 cm³/mol. The van der Waals surface area contributed by atoms with Gasteiger partial charge in [0, 0.05) is 43.7 Å². The number of piperazine rings is 1. The minimum atomic E-state index is 0.0346. The van der Waals surface area contributed by atoms with Crippen LogP contribution < -0.4 is 9.47 Å². The molecule has 0 spiro atoms. The summed E-state index contributed by atoms with van der Waals surface area (Å²) in [5, 5.41) is 0.935. The molecular formula is C27H23N5O3S. The number of benzene rings is 3. The van der Waals surface area contributed by atoms with E-state index in [2.05, 4.69) is 16.0 Å². The highest BCUT2D eigenvalue weighted by atomic mass is 32.1. The van der Waals surface area contributed by atoms with Crippen LogP contribution in [0.2, 0.25) is 0 Å². The van der Waals surface area contributed by atoms with E-state index < -0.39 is 0 Å². The summed E-state index contributed by atoms with van der Waals surface area (Å²) in [6.07, 6.45) is 0. The second-order valence-electron chi connectivity index (χ2n) is 9.21. The monoisotopic (exact) mass is 497 g/mol. The Morgan fingerprint density at radius 2 is 1.81 bits per heavy atom. The van der Waals surface area contributed by atoms with E-state index in [-0.39, 0.29) is 12.7 Å². The Balaban J connectivity index is 1.10. The first-order chi connectivity index (χ1) is 17.6. The molecule has 180 valence electrons. The van der Waals surface area contributed by atoms with Gasteiger partial charge in [-0.2, -0.15) is 0 Å². The van der Waals surface area contributed by atoms with E-state index in [1.54, 1.807) is 0 Å². The van der Waals surface area contributed by atoms with Crippen molar-refractivity contribution >= 4 is 45.7 Å². The zero-order chi connectivity index (χ0) is 24.2. The fourth-order valence-electron chi connectivity index (χ4n) is 5.15. The summed E-state index contributed by atoms with van der Waals surface area (Å²) in [5.74, 6) is 1.64. The van der Waals surface area contributed by atoms with Gasteiger partial charge >= 0.3 is 0 Å². The minimum absolute atomic E-state index is 0.0346. The Bertz CT molecular complexity index is 1720. The second-order valence-corrected chi connectivity index (χ2v) is 9.59. The first-order valence-corrected chi connectivity index (χ1v) is 12.4. The van der Waals surface area contributed by atoms with Gasteiger partial charge in [-0.15, -0.1) is 0 Å². The van der Waals surface area contributed by atoms with Crippen molar-refractivity contribution < 1.29 is 14.3 Å². The number of carbonyl (C=O) groups excluding carboxylic acids is 1. The molecule has 1 amide bonds. The summed E-state index contributed by atoms with van der Waals surface area (Å²) < 4.78 is 13.4. The molecule has 4 heterocycles. The maximum absolute atomic E-state index is 13.3. The molecule has 5 aromatic rings. The first kappa shape index (κ1) is 21.3. The molecule has 1 saturated heterocycles. The second kappa shape index (κ2) is 8.32. The van der Waals surface area contributed by atoms with Crippen LogP contribution >= 0.6 is 12.2 Å². The molecule has 0 bridgehead atoms. The van der Waals surface area contributed by atoms with Gasteiger partial charge in [-0.25, -0.2) is 4.98 Å². The fraction of sp³-hybridized carbons (Fsp3) is 0.222. The maximum Gasteiger partial charge on any atom is 0.254 e. The number of H-pyrrole nitrogens is 1. The minimum Gasteiger partial charge on any atom is -0.454 e. The molecule has 3 aromatic carbocycles. The average molecular weight is 498 g/mol. The molecule has 1 N–H and O–H groups in total. The van der Waals surface area contributed by atoms with Gasteiger partial charge in [0.05, 0.1) is 16.6 Å². The van der Waals surface area contributed by atoms with Gasteiger partial charge in [-0.3, -0.25) is 14.1 Å². The van der Waals surface area contributed by atoms with Crippen molar-refractivity contribution in [1.82, 2.24) is 24.2 Å². The molecule has 7 rings (SSSR count). The zero-order valence-electron chi connectivity index (χ0n) is 19.4. The topological polar surface area (TPSA) is 75.1 Å². The molecule has 0 radical (unpaired) electrons. The van der Waals surface area contributed by atoms with E-state index in [4.69, 9.17) is 26.7 Å². The molecule has 0 atom stereocenters. The molecule has 0 saturated carbocycles. The van der Waals surface area contributed by atoms with E-state index in [1.807, 2.05) is 63.9 Å². The molecule has 0 aliphatic carbocycles. The average Bonchev–Trinajstić information content (AvgIpc) is 3.53. The number of carbonyl (C=O) groups is 1. The van der Waals surface area contributed by atoms with Gasteiger partial charge < -0.3 is 19.4 Å². The van der Waals surface area contributed by atoms with Gasteiger partial charge in [0.25, 0.3) is 5.91 Å². The van der Waals surface area contributed by atoms with E-state index in [0.29, 0.717) is 23.4 Å². The summed E-state index contributed by atoms with van der Waals surface area (Å²) in [7, 11) is 0. The number of nitrogens with zero attached hydrogens (tertiary/aromatic N) is 4. The Labute approximate surface area is 211 Å². The van der Waals surface area contributed by atoms with Crippen LogP contribution in [0.4, 0.5) is 0 Å². The maximum atomic E-state index is 13.3. The van der Waals surface area contributed by atoms with Crippen molar-refractivity contribution in [3.63, 3.8) is 0 Å². The predicted octanol–water partition coefficient (Wildman–Crippen LogP) is 4.38. The number of ether oxygens (including phenoxy) is 2. The standard InChI is InChI=1S/C27H23N5O3S/c33-26(31-11-9-30(10-12-31)15-17-5-8-23-24(13-17)35-16-34-23)18-6-7-19-21(14-18)29-27(36)32-22-4-2-1-3-20(22)28-25(19)32/h1-8,13-14H,9-12,15-16H2,(H,29,36). The molecule has 2 aliphatic heterocycles. The van der Waals surface area contributed by atoms with Gasteiger partial charge in [0.1, 0.15) is 5.65 Å². The van der Waals surface area contributed by atoms with Crippen molar-refractivity contribution in [2.45, 2.75) is 6.54 Å². The van der Waals surface area contributed by atoms with Crippen LogP contribution in [0.5, 0.6) is 11.5 Å². The highest BCUT2D eigenvalue weighted by molar-refractivity contribution is 7.71. The summed E-state index contributed by atoms with van der Waals surface area (Å²) in [4.78, 5) is 25.7. The molecule has 2 aliphatic rings. The van der Waals surface area contributed by atoms with Gasteiger partial charge in [0.2, 0.25) is 6.79 Å². The van der Waals surface area contributed by atoms with Crippen LogP contribution in [-0.4, -0.2) is 63.0 Å². The van der Waals surface area contributed by atoms with Crippen molar-refractivity contribution in [3.05, 3.63) is 76.6 Å². The molecule has 1 fully saturated rings. The normalized spacial score (nSPS) is 15.8. The third kappa shape index (κ3) is 3.51. The number of aromatic nitrogens is 3. The van der Waals surface area contributed by atoms with E-state index >= 15 is 0 Å². The smallest absolute Gasteiger partial charge is 0.254 e. The first-order valence-electron chi connectivity index (χ1n) is 12.0. The number of aromatic amines is 1. The lowest BCUT2D eigenvalue weighted by molar-refractivity contribution is 0.0628. The largest absolute Gasteiger partial charge is 0.454 e. The molecule has 2 aromatic heterocycles. The Hall–Kier alpha value is -3.95. The summed E-state index contributed by atoms with van der Waals surface area (Å²) in [6, 6.07) is 19.8. The highest BCUT2D eigenvalue weighted by Gasteiger charge is 2.23. The van der Waals surface area contributed by atoms with Gasteiger partial charge in [-0.1, -0.05) is 18.2 Å². The number of imidazole rings is 1. The lowest BCUT2D eigenvalue weighted by Crippen LogP contribution is -2.48. The number of nitrogens with one attached hydrogen (secondary N) is 1. The van der Waals surface area contributed by atoms with Gasteiger partial charge in [0.15, 0.2) is 16.3 Å². The molecular weight excluding hydrogens is 474 g/mol. The lowest BCUT2D eigenvalue weighted by Gasteiger charge is -2.34. The lowest BCUT2D eigenvalue weighted by atomic mass is 10.1. The molecule has 8 nitrogen and oxygen atoms in total. The van der Waals surface area contributed by atoms with E-state index in [0.717, 1.165) is 58.7 Å². The fourth-order valence-corrected chi connectivity index (χ4v) is 5.44. The zero-order valence-corrected chi connectivity index (χ0v) is 20.3. The van der Waals surface area contributed by atoms with Crippen molar-refractivity contribution in [2.75, 3.05) is 33.0 Å². The number of rotatable bonds is 3. The van der Waals surface area contributed by atoms with E-state index in [9.17, 15) is 4.79 Å². The highest BCUT2D eigenvalue weighted by Crippen LogP contribution is 2.33. The van der Waals surface area contributed by atoms with Crippen molar-refractivity contribution in [2.24, 2.45) is 0 Å².